The largest absolute Gasteiger partial charge is 0.0527 e. The highest BCUT2D eigenvalue weighted by molar-refractivity contribution is 5.50. The van der Waals surface area contributed by atoms with Gasteiger partial charge in [0.25, 0.3) is 0 Å². The fraction of sp³-hybridized carbons (Fsp3) is 0.600. The van der Waals surface area contributed by atoms with Gasteiger partial charge in [0.15, 0.2) is 0 Å². The summed E-state index contributed by atoms with van der Waals surface area (Å²) in [5.41, 5.74) is 9.52. The lowest BCUT2D eigenvalue weighted by Crippen LogP contribution is -2.04. The Kier molecular flexibility index (Phi) is 2.86. The van der Waals surface area contributed by atoms with Gasteiger partial charge in [-0.1, -0.05) is 6.42 Å². The predicted molar refractivity (Wildman–Crippen MR) is 66.6 cm³/mol. The van der Waals surface area contributed by atoms with Crippen LogP contribution in [0.15, 0.2) is 0 Å². The van der Waals surface area contributed by atoms with Crippen molar-refractivity contribution in [2.24, 2.45) is 0 Å². The quantitative estimate of drug-likeness (QED) is 0.553. The standard InChI is InChI=1S/C15H22/c1-10-11(2)13(4)15-9-7-5-6-8-14(15)12(10)3/h5-9H2,1-4H3. The summed E-state index contributed by atoms with van der Waals surface area (Å²) in [7, 11) is 0. The Balaban J connectivity index is 2.66. The normalized spacial score (nSPS) is 16.0. The number of fused-ring (bicyclic) bond motifs is 1. The van der Waals surface area contributed by atoms with Crippen molar-refractivity contribution in [3.05, 3.63) is 33.4 Å². The van der Waals surface area contributed by atoms with Crippen LogP contribution < -0.4 is 0 Å². The van der Waals surface area contributed by atoms with Gasteiger partial charge in [0.05, 0.1) is 0 Å². The summed E-state index contributed by atoms with van der Waals surface area (Å²) in [6, 6.07) is 0. The minimum absolute atomic E-state index is 1.31. The molecule has 1 aliphatic rings. The van der Waals surface area contributed by atoms with Gasteiger partial charge >= 0.3 is 0 Å². The third kappa shape index (κ3) is 1.71. The molecule has 0 heterocycles. The molecule has 0 bridgehead atoms. The molecule has 0 nitrogen and oxygen atoms in total. The Morgan fingerprint density at radius 2 is 0.933 bits per heavy atom. The molecule has 0 atom stereocenters. The average Bonchev–Trinajstić information content (AvgIpc) is 2.48. The van der Waals surface area contributed by atoms with Crippen LogP contribution in [0.3, 0.4) is 0 Å². The molecular weight excluding hydrogens is 180 g/mol. The van der Waals surface area contributed by atoms with Gasteiger partial charge in [0, 0.05) is 0 Å². The Morgan fingerprint density at radius 1 is 0.533 bits per heavy atom. The highest BCUT2D eigenvalue weighted by atomic mass is 14.2. The molecule has 1 aromatic carbocycles. The summed E-state index contributed by atoms with van der Waals surface area (Å²) in [6.45, 7) is 9.18. The molecule has 0 unspecified atom stereocenters. The number of benzene rings is 1. The van der Waals surface area contributed by atoms with Crippen LogP contribution in [0.4, 0.5) is 0 Å². The molecule has 15 heavy (non-hydrogen) atoms. The Morgan fingerprint density at radius 3 is 1.33 bits per heavy atom. The molecule has 1 aromatic rings. The van der Waals surface area contributed by atoms with Crippen LogP contribution in [0.2, 0.25) is 0 Å². The maximum Gasteiger partial charge on any atom is -0.0273 e. The first-order chi connectivity index (χ1) is 7.13. The van der Waals surface area contributed by atoms with Crippen LogP contribution in [-0.2, 0) is 12.8 Å². The molecule has 0 amide bonds. The molecule has 0 N–H and O–H groups in total. The second kappa shape index (κ2) is 4.00. The van der Waals surface area contributed by atoms with Crippen molar-refractivity contribution in [1.82, 2.24) is 0 Å². The van der Waals surface area contributed by atoms with Crippen LogP contribution >= 0.6 is 0 Å². The van der Waals surface area contributed by atoms with E-state index < -0.39 is 0 Å². The SMILES string of the molecule is Cc1c(C)c(C)c2c(c1C)CCCCC2. The van der Waals surface area contributed by atoms with Gasteiger partial charge in [-0.15, -0.1) is 0 Å². The number of hydrogen-bond acceptors (Lipinski definition) is 0. The van der Waals surface area contributed by atoms with Crippen molar-refractivity contribution in [3.63, 3.8) is 0 Å². The topological polar surface area (TPSA) is 0 Å². The van der Waals surface area contributed by atoms with E-state index in [2.05, 4.69) is 27.7 Å². The Labute approximate surface area is 93.7 Å². The minimum Gasteiger partial charge on any atom is -0.0527 e. The van der Waals surface area contributed by atoms with Crippen molar-refractivity contribution in [1.29, 1.82) is 0 Å². The highest BCUT2D eigenvalue weighted by Crippen LogP contribution is 2.31. The Bertz CT molecular complexity index is 349. The van der Waals surface area contributed by atoms with Crippen molar-refractivity contribution < 1.29 is 0 Å². The second-order valence-electron chi connectivity index (χ2n) is 5.02. The molecule has 0 heteroatoms. The summed E-state index contributed by atoms with van der Waals surface area (Å²) in [6.07, 6.45) is 6.80. The lowest BCUT2D eigenvalue weighted by atomic mass is 9.87. The van der Waals surface area contributed by atoms with E-state index in [4.69, 9.17) is 0 Å². The van der Waals surface area contributed by atoms with Gasteiger partial charge in [-0.3, -0.25) is 0 Å². The first kappa shape index (κ1) is 10.7. The summed E-state index contributed by atoms with van der Waals surface area (Å²) in [4.78, 5) is 0. The molecule has 0 saturated carbocycles. The van der Waals surface area contributed by atoms with Gasteiger partial charge < -0.3 is 0 Å². The molecule has 0 radical (unpaired) electrons. The molecule has 0 aromatic heterocycles. The van der Waals surface area contributed by atoms with Crippen LogP contribution in [0.25, 0.3) is 0 Å². The van der Waals surface area contributed by atoms with E-state index in [1.54, 1.807) is 22.3 Å². The van der Waals surface area contributed by atoms with E-state index in [1.807, 2.05) is 0 Å². The van der Waals surface area contributed by atoms with E-state index in [1.165, 1.54) is 43.2 Å². The van der Waals surface area contributed by atoms with E-state index in [-0.39, 0.29) is 0 Å². The lowest BCUT2D eigenvalue weighted by molar-refractivity contribution is 0.710. The highest BCUT2D eigenvalue weighted by Gasteiger charge is 2.16. The lowest BCUT2D eigenvalue weighted by Gasteiger charge is -2.19. The molecule has 0 saturated heterocycles. The molecule has 0 fully saturated rings. The predicted octanol–water partition coefficient (Wildman–Crippen LogP) is 4.19. The summed E-state index contributed by atoms with van der Waals surface area (Å²) >= 11 is 0. The fourth-order valence-electron chi connectivity index (χ4n) is 2.92. The molecule has 2 rings (SSSR count). The zero-order chi connectivity index (χ0) is 11.0. The maximum atomic E-state index is 2.31. The summed E-state index contributed by atoms with van der Waals surface area (Å²) in [5.74, 6) is 0. The zero-order valence-corrected chi connectivity index (χ0v) is 10.5. The van der Waals surface area contributed by atoms with Crippen LogP contribution in [0.5, 0.6) is 0 Å². The van der Waals surface area contributed by atoms with Gasteiger partial charge in [-0.05, 0) is 86.8 Å². The fourth-order valence-corrected chi connectivity index (χ4v) is 2.92. The molecular formula is C15H22. The minimum atomic E-state index is 1.31. The average molecular weight is 202 g/mol. The van der Waals surface area contributed by atoms with Crippen molar-refractivity contribution in [3.8, 4) is 0 Å². The van der Waals surface area contributed by atoms with Gasteiger partial charge in [-0.25, -0.2) is 0 Å². The van der Waals surface area contributed by atoms with Gasteiger partial charge in [-0.2, -0.15) is 0 Å². The Hall–Kier alpha value is -0.780. The van der Waals surface area contributed by atoms with Crippen LogP contribution in [0.1, 0.15) is 52.6 Å². The third-order valence-corrected chi connectivity index (χ3v) is 4.31. The first-order valence-electron chi connectivity index (χ1n) is 6.21. The summed E-state index contributed by atoms with van der Waals surface area (Å²) in [5, 5.41) is 0. The molecule has 82 valence electrons. The van der Waals surface area contributed by atoms with E-state index in [0.29, 0.717) is 0 Å². The van der Waals surface area contributed by atoms with Crippen molar-refractivity contribution in [2.75, 3.05) is 0 Å². The second-order valence-corrected chi connectivity index (χ2v) is 5.02. The maximum absolute atomic E-state index is 2.31. The molecule has 0 aliphatic heterocycles. The van der Waals surface area contributed by atoms with Crippen molar-refractivity contribution in [2.45, 2.75) is 59.8 Å². The van der Waals surface area contributed by atoms with Crippen LogP contribution in [0, 0.1) is 27.7 Å². The van der Waals surface area contributed by atoms with E-state index >= 15 is 0 Å². The summed E-state index contributed by atoms with van der Waals surface area (Å²) < 4.78 is 0. The van der Waals surface area contributed by atoms with Crippen molar-refractivity contribution >= 4 is 0 Å². The zero-order valence-electron chi connectivity index (χ0n) is 10.5. The van der Waals surface area contributed by atoms with Gasteiger partial charge in [0.1, 0.15) is 0 Å². The first-order valence-corrected chi connectivity index (χ1v) is 6.21. The van der Waals surface area contributed by atoms with Crippen LogP contribution in [-0.4, -0.2) is 0 Å². The third-order valence-electron chi connectivity index (χ3n) is 4.31. The van der Waals surface area contributed by atoms with E-state index in [9.17, 15) is 0 Å². The van der Waals surface area contributed by atoms with E-state index in [0.717, 1.165) is 0 Å². The molecule has 0 spiro atoms. The van der Waals surface area contributed by atoms with Gasteiger partial charge in [0.2, 0.25) is 0 Å². The monoisotopic (exact) mass is 202 g/mol. The molecule has 1 aliphatic carbocycles. The number of hydrogen-bond donors (Lipinski definition) is 0. The smallest absolute Gasteiger partial charge is 0.0273 e. The number of rotatable bonds is 0.